The lowest BCUT2D eigenvalue weighted by atomic mass is 10.1. The van der Waals surface area contributed by atoms with Crippen LogP contribution in [0.25, 0.3) is 0 Å². The number of hydrogen-bond acceptors (Lipinski definition) is 6. The zero-order chi connectivity index (χ0) is 15.4. The van der Waals surface area contributed by atoms with Gasteiger partial charge in [-0.25, -0.2) is 4.98 Å². The van der Waals surface area contributed by atoms with E-state index in [0.29, 0.717) is 22.0 Å². The summed E-state index contributed by atoms with van der Waals surface area (Å²) < 4.78 is 4.56. The number of rotatable bonds is 4. The van der Waals surface area contributed by atoms with Gasteiger partial charge in [0.05, 0.1) is 19.2 Å². The number of aryl methyl sites for hydroxylation is 1. The third-order valence-electron chi connectivity index (χ3n) is 2.78. The van der Waals surface area contributed by atoms with Gasteiger partial charge in [-0.05, 0) is 30.7 Å². The molecule has 2 rings (SSSR count). The molecule has 2 N–H and O–H groups in total. The number of anilines is 1. The molecule has 0 unspecified atom stereocenters. The van der Waals surface area contributed by atoms with Gasteiger partial charge in [-0.1, -0.05) is 0 Å². The zero-order valence-corrected chi connectivity index (χ0v) is 12.4. The van der Waals surface area contributed by atoms with Crippen molar-refractivity contribution >= 4 is 28.3 Å². The molecule has 0 saturated carbocycles. The fourth-order valence-electron chi connectivity index (χ4n) is 1.73. The van der Waals surface area contributed by atoms with Gasteiger partial charge in [-0.2, -0.15) is 0 Å². The van der Waals surface area contributed by atoms with Crippen LogP contribution in [0.5, 0.6) is 5.75 Å². The Labute approximate surface area is 125 Å². The molecule has 0 atom stereocenters. The Morgan fingerprint density at radius 3 is 2.86 bits per heavy atom. The fraction of sp³-hybridized carbons (Fsp3) is 0.214. The topological polar surface area (TPSA) is 88.5 Å². The van der Waals surface area contributed by atoms with Crippen molar-refractivity contribution in [2.45, 2.75) is 13.3 Å². The highest BCUT2D eigenvalue weighted by atomic mass is 32.1. The van der Waals surface area contributed by atoms with E-state index in [1.165, 1.54) is 30.6 Å². The van der Waals surface area contributed by atoms with E-state index in [4.69, 9.17) is 0 Å². The Balaban J connectivity index is 2.07. The summed E-state index contributed by atoms with van der Waals surface area (Å²) >= 11 is 1.23. The Bertz CT molecular complexity index is 681. The number of aromatic hydroxyl groups is 1. The van der Waals surface area contributed by atoms with E-state index >= 15 is 0 Å². The molecule has 21 heavy (non-hydrogen) atoms. The number of hydrogen-bond donors (Lipinski definition) is 2. The summed E-state index contributed by atoms with van der Waals surface area (Å²) in [5.41, 5.74) is 1.67. The monoisotopic (exact) mass is 306 g/mol. The van der Waals surface area contributed by atoms with E-state index < -0.39 is 0 Å². The van der Waals surface area contributed by atoms with Crippen molar-refractivity contribution in [1.29, 1.82) is 0 Å². The van der Waals surface area contributed by atoms with Crippen molar-refractivity contribution < 1.29 is 19.4 Å². The second-order valence-electron chi connectivity index (χ2n) is 4.35. The molecule has 0 saturated heterocycles. The Morgan fingerprint density at radius 1 is 1.43 bits per heavy atom. The van der Waals surface area contributed by atoms with Crippen molar-refractivity contribution in [3.63, 3.8) is 0 Å². The van der Waals surface area contributed by atoms with Crippen molar-refractivity contribution in [2.75, 3.05) is 12.4 Å². The van der Waals surface area contributed by atoms with Crippen LogP contribution in [0.15, 0.2) is 23.6 Å². The average Bonchev–Trinajstić information content (AvgIpc) is 2.85. The molecule has 1 aromatic carbocycles. The number of ether oxygens (including phenoxy) is 1. The highest BCUT2D eigenvalue weighted by Crippen LogP contribution is 2.20. The standard InChI is InChI=1S/C14H14N2O4S/c1-8-5-10(17)3-4-11(8)13(19)16-14-15-9(7-21-14)6-12(18)20-2/h3-5,7,17H,6H2,1-2H3,(H,15,16,19). The van der Waals surface area contributed by atoms with Crippen molar-refractivity contribution in [3.05, 3.63) is 40.4 Å². The number of phenols is 1. The number of aromatic nitrogens is 1. The number of esters is 1. The minimum Gasteiger partial charge on any atom is -0.508 e. The van der Waals surface area contributed by atoms with E-state index in [1.807, 2.05) is 0 Å². The van der Waals surface area contributed by atoms with Crippen LogP contribution < -0.4 is 5.32 Å². The summed E-state index contributed by atoms with van der Waals surface area (Å²) in [4.78, 5) is 27.4. The van der Waals surface area contributed by atoms with Gasteiger partial charge in [0.25, 0.3) is 5.91 Å². The number of methoxy groups -OCH3 is 1. The molecule has 0 aliphatic carbocycles. The van der Waals surface area contributed by atoms with Gasteiger partial charge in [0.2, 0.25) is 0 Å². The zero-order valence-electron chi connectivity index (χ0n) is 11.5. The maximum Gasteiger partial charge on any atom is 0.311 e. The maximum atomic E-state index is 12.1. The molecule has 1 heterocycles. The van der Waals surface area contributed by atoms with E-state index in [0.717, 1.165) is 0 Å². The third kappa shape index (κ3) is 3.79. The molecule has 7 heteroatoms. The second kappa shape index (κ2) is 6.36. The molecule has 2 aromatic rings. The predicted molar refractivity (Wildman–Crippen MR) is 78.6 cm³/mol. The average molecular weight is 306 g/mol. The number of carbonyl (C=O) groups is 2. The summed E-state index contributed by atoms with van der Waals surface area (Å²) in [7, 11) is 1.31. The molecule has 110 valence electrons. The smallest absolute Gasteiger partial charge is 0.311 e. The first-order chi connectivity index (χ1) is 9.99. The first kappa shape index (κ1) is 15.0. The summed E-state index contributed by atoms with van der Waals surface area (Å²) in [5.74, 6) is -0.585. The number of phenolic OH excluding ortho intramolecular Hbond substituents is 1. The molecule has 0 bridgehead atoms. The summed E-state index contributed by atoms with van der Waals surface area (Å²) in [6.07, 6.45) is 0.0705. The first-order valence-electron chi connectivity index (χ1n) is 6.12. The predicted octanol–water partition coefficient (Wildman–Crippen LogP) is 2.12. The van der Waals surface area contributed by atoms with Gasteiger partial charge < -0.3 is 9.84 Å². The van der Waals surface area contributed by atoms with Crippen molar-refractivity contribution in [1.82, 2.24) is 4.98 Å². The summed E-state index contributed by atoms with van der Waals surface area (Å²) in [6, 6.07) is 4.51. The normalized spacial score (nSPS) is 10.2. The highest BCUT2D eigenvalue weighted by Gasteiger charge is 2.13. The molecular weight excluding hydrogens is 292 g/mol. The van der Waals surface area contributed by atoms with Crippen molar-refractivity contribution in [3.8, 4) is 5.75 Å². The quantitative estimate of drug-likeness (QED) is 0.845. The van der Waals surface area contributed by atoms with Gasteiger partial charge in [-0.3, -0.25) is 14.9 Å². The van der Waals surface area contributed by atoms with Crippen LogP contribution >= 0.6 is 11.3 Å². The molecule has 1 amide bonds. The maximum absolute atomic E-state index is 12.1. The Kier molecular flexibility index (Phi) is 4.54. The molecule has 0 radical (unpaired) electrons. The largest absolute Gasteiger partial charge is 0.508 e. The third-order valence-corrected chi connectivity index (χ3v) is 3.59. The minimum atomic E-state index is -0.382. The van der Waals surface area contributed by atoms with Gasteiger partial charge in [0.1, 0.15) is 5.75 Å². The molecular formula is C14H14N2O4S. The van der Waals surface area contributed by atoms with Gasteiger partial charge in [0.15, 0.2) is 5.13 Å². The molecule has 0 aliphatic heterocycles. The van der Waals surface area contributed by atoms with Crippen molar-refractivity contribution in [2.24, 2.45) is 0 Å². The highest BCUT2D eigenvalue weighted by molar-refractivity contribution is 7.14. The number of nitrogens with zero attached hydrogens (tertiary/aromatic N) is 1. The first-order valence-corrected chi connectivity index (χ1v) is 6.99. The number of benzene rings is 1. The van der Waals surface area contributed by atoms with Crippen LogP contribution in [-0.4, -0.2) is 29.1 Å². The fourth-order valence-corrected chi connectivity index (χ4v) is 2.44. The SMILES string of the molecule is COC(=O)Cc1csc(NC(=O)c2ccc(O)cc2C)n1. The Hall–Kier alpha value is -2.41. The lowest BCUT2D eigenvalue weighted by Gasteiger charge is -2.05. The van der Waals surface area contributed by atoms with E-state index in [9.17, 15) is 14.7 Å². The van der Waals surface area contributed by atoms with Gasteiger partial charge in [0, 0.05) is 10.9 Å². The number of carbonyl (C=O) groups excluding carboxylic acids is 2. The van der Waals surface area contributed by atoms with E-state index in [-0.39, 0.29) is 24.0 Å². The lowest BCUT2D eigenvalue weighted by Crippen LogP contribution is -2.13. The van der Waals surface area contributed by atoms with Crippen LogP contribution in [0, 0.1) is 6.92 Å². The molecule has 0 spiro atoms. The van der Waals surface area contributed by atoms with Crippen LogP contribution in [0.1, 0.15) is 21.6 Å². The van der Waals surface area contributed by atoms with Crippen LogP contribution in [0.2, 0.25) is 0 Å². The number of thiazole rings is 1. The van der Waals surface area contributed by atoms with Gasteiger partial charge in [-0.15, -0.1) is 11.3 Å². The minimum absolute atomic E-state index is 0.0705. The van der Waals surface area contributed by atoms with E-state index in [2.05, 4.69) is 15.0 Å². The molecule has 0 aliphatic rings. The van der Waals surface area contributed by atoms with Gasteiger partial charge >= 0.3 is 5.97 Å². The Morgan fingerprint density at radius 2 is 2.19 bits per heavy atom. The summed E-state index contributed by atoms with van der Waals surface area (Å²) in [6.45, 7) is 1.74. The summed E-state index contributed by atoms with van der Waals surface area (Å²) in [5, 5.41) is 14.1. The second-order valence-corrected chi connectivity index (χ2v) is 5.21. The van der Waals surface area contributed by atoms with Crippen LogP contribution in [0.4, 0.5) is 5.13 Å². The molecule has 0 fully saturated rings. The number of nitrogens with one attached hydrogen (secondary N) is 1. The number of amides is 1. The molecule has 6 nitrogen and oxygen atoms in total. The van der Waals surface area contributed by atoms with Crippen LogP contribution in [-0.2, 0) is 16.0 Å². The lowest BCUT2D eigenvalue weighted by molar-refractivity contribution is -0.139. The van der Waals surface area contributed by atoms with E-state index in [1.54, 1.807) is 18.4 Å². The molecule has 1 aromatic heterocycles. The van der Waals surface area contributed by atoms with Crippen LogP contribution in [0.3, 0.4) is 0 Å².